The summed E-state index contributed by atoms with van der Waals surface area (Å²) in [5, 5.41) is 0.953. The van der Waals surface area contributed by atoms with Crippen molar-refractivity contribution in [3.8, 4) is 11.5 Å². The Hall–Kier alpha value is -1.92. The lowest BCUT2D eigenvalue weighted by atomic mass is 10.2. The number of fused-ring (bicyclic) bond motifs is 1. The van der Waals surface area contributed by atoms with Crippen LogP contribution in [0.3, 0.4) is 0 Å². The standard InChI is InChI=1S/C17H24N4O2/c1-20-5-7-21(8-6-20)4-3-9-23-17-11-15-14(10-16(17)22-2)12-18-13-19-15/h10-13H,3-9H2,1-2H3. The SMILES string of the molecule is COc1cc2cncnc2cc1OCCCN1CCN(C)CC1. The van der Waals surface area contributed by atoms with Gasteiger partial charge in [-0.15, -0.1) is 0 Å². The van der Waals surface area contributed by atoms with Crippen molar-refractivity contribution in [1.29, 1.82) is 0 Å². The fraction of sp³-hybridized carbons (Fsp3) is 0.529. The van der Waals surface area contributed by atoms with Gasteiger partial charge in [-0.05, 0) is 19.5 Å². The van der Waals surface area contributed by atoms with Gasteiger partial charge in [0, 0.05) is 50.4 Å². The van der Waals surface area contributed by atoms with Gasteiger partial charge in [0.2, 0.25) is 0 Å². The summed E-state index contributed by atoms with van der Waals surface area (Å²) in [5.74, 6) is 1.48. The minimum Gasteiger partial charge on any atom is -0.493 e. The fourth-order valence-electron chi connectivity index (χ4n) is 2.80. The Bertz CT molecular complexity index is 642. The molecule has 0 spiro atoms. The van der Waals surface area contributed by atoms with Gasteiger partial charge in [-0.25, -0.2) is 9.97 Å². The molecule has 1 saturated heterocycles. The summed E-state index contributed by atoms with van der Waals surface area (Å²) < 4.78 is 11.3. The van der Waals surface area contributed by atoms with Crippen molar-refractivity contribution < 1.29 is 9.47 Å². The Morgan fingerprint density at radius 1 is 1.13 bits per heavy atom. The third-order valence-electron chi connectivity index (χ3n) is 4.26. The predicted octanol–water partition coefficient (Wildman–Crippen LogP) is 1.65. The summed E-state index contributed by atoms with van der Waals surface area (Å²) in [4.78, 5) is 13.2. The zero-order valence-corrected chi connectivity index (χ0v) is 13.9. The van der Waals surface area contributed by atoms with E-state index >= 15 is 0 Å². The molecule has 0 aliphatic carbocycles. The number of hydrogen-bond acceptors (Lipinski definition) is 6. The van der Waals surface area contributed by atoms with Gasteiger partial charge >= 0.3 is 0 Å². The van der Waals surface area contributed by atoms with Gasteiger partial charge in [0.25, 0.3) is 0 Å². The van der Waals surface area contributed by atoms with E-state index < -0.39 is 0 Å². The molecule has 1 aromatic carbocycles. The maximum atomic E-state index is 5.93. The van der Waals surface area contributed by atoms with Crippen molar-refractivity contribution in [2.24, 2.45) is 0 Å². The van der Waals surface area contributed by atoms with Crippen LogP contribution in [0.1, 0.15) is 6.42 Å². The Labute approximate surface area is 137 Å². The molecule has 2 heterocycles. The Morgan fingerprint density at radius 2 is 1.96 bits per heavy atom. The van der Waals surface area contributed by atoms with E-state index in [1.807, 2.05) is 12.1 Å². The monoisotopic (exact) mass is 316 g/mol. The van der Waals surface area contributed by atoms with Crippen LogP contribution < -0.4 is 9.47 Å². The van der Waals surface area contributed by atoms with E-state index in [4.69, 9.17) is 9.47 Å². The molecule has 0 radical (unpaired) electrons. The maximum Gasteiger partial charge on any atom is 0.163 e. The first kappa shape index (κ1) is 16.0. The highest BCUT2D eigenvalue weighted by Crippen LogP contribution is 2.31. The lowest BCUT2D eigenvalue weighted by Gasteiger charge is -2.32. The molecule has 3 rings (SSSR count). The molecule has 124 valence electrons. The number of aromatic nitrogens is 2. The molecule has 6 heteroatoms. The van der Waals surface area contributed by atoms with Crippen molar-refractivity contribution in [1.82, 2.24) is 19.8 Å². The average molecular weight is 316 g/mol. The fourth-order valence-corrected chi connectivity index (χ4v) is 2.80. The molecule has 0 atom stereocenters. The molecule has 2 aromatic rings. The van der Waals surface area contributed by atoms with Gasteiger partial charge in [0.15, 0.2) is 11.5 Å². The first-order valence-electron chi connectivity index (χ1n) is 8.08. The molecule has 1 aromatic heterocycles. The number of hydrogen-bond donors (Lipinski definition) is 0. The lowest BCUT2D eigenvalue weighted by Crippen LogP contribution is -2.44. The van der Waals surface area contributed by atoms with Gasteiger partial charge < -0.3 is 19.3 Å². The number of methoxy groups -OCH3 is 1. The van der Waals surface area contributed by atoms with Gasteiger partial charge in [-0.2, -0.15) is 0 Å². The summed E-state index contributed by atoms with van der Waals surface area (Å²) in [6.45, 7) is 6.35. The van der Waals surface area contributed by atoms with Crippen LogP contribution in [-0.4, -0.2) is 73.3 Å². The number of likely N-dealkylation sites (N-methyl/N-ethyl adjacent to an activating group) is 1. The van der Waals surface area contributed by atoms with Gasteiger partial charge in [-0.3, -0.25) is 0 Å². The van der Waals surface area contributed by atoms with E-state index in [1.54, 1.807) is 19.6 Å². The number of ether oxygens (including phenoxy) is 2. The molecule has 1 aliphatic rings. The molecule has 23 heavy (non-hydrogen) atoms. The van der Waals surface area contributed by atoms with Crippen LogP contribution in [0.5, 0.6) is 11.5 Å². The predicted molar refractivity (Wildman–Crippen MR) is 90.1 cm³/mol. The van der Waals surface area contributed by atoms with Crippen molar-refractivity contribution in [2.75, 3.05) is 53.5 Å². The van der Waals surface area contributed by atoms with Gasteiger partial charge in [0.05, 0.1) is 19.2 Å². The summed E-state index contributed by atoms with van der Waals surface area (Å²) in [6.07, 6.45) is 4.34. The smallest absolute Gasteiger partial charge is 0.163 e. The van der Waals surface area contributed by atoms with Crippen LogP contribution in [-0.2, 0) is 0 Å². The van der Waals surface area contributed by atoms with Crippen molar-refractivity contribution in [3.05, 3.63) is 24.7 Å². The third-order valence-corrected chi connectivity index (χ3v) is 4.26. The van der Waals surface area contributed by atoms with Gasteiger partial charge in [0.1, 0.15) is 6.33 Å². The molecule has 0 unspecified atom stereocenters. The Balaban J connectivity index is 1.54. The molecule has 0 bridgehead atoms. The number of rotatable bonds is 6. The number of benzene rings is 1. The van der Waals surface area contributed by atoms with Crippen molar-refractivity contribution >= 4 is 10.9 Å². The van der Waals surface area contributed by atoms with Crippen LogP contribution in [0.2, 0.25) is 0 Å². The summed E-state index contributed by atoms with van der Waals surface area (Å²) in [6, 6.07) is 3.84. The highest BCUT2D eigenvalue weighted by molar-refractivity contribution is 5.81. The topological polar surface area (TPSA) is 50.7 Å². The zero-order valence-electron chi connectivity index (χ0n) is 13.9. The van der Waals surface area contributed by atoms with E-state index in [1.165, 1.54) is 0 Å². The normalized spacial score (nSPS) is 16.6. The average Bonchev–Trinajstić information content (AvgIpc) is 2.59. The van der Waals surface area contributed by atoms with E-state index in [9.17, 15) is 0 Å². The van der Waals surface area contributed by atoms with E-state index in [-0.39, 0.29) is 0 Å². The Morgan fingerprint density at radius 3 is 2.74 bits per heavy atom. The quantitative estimate of drug-likeness (QED) is 0.756. The van der Waals surface area contributed by atoms with Crippen LogP contribution in [0.15, 0.2) is 24.7 Å². The third kappa shape index (κ3) is 4.09. The van der Waals surface area contributed by atoms with Crippen LogP contribution in [0.4, 0.5) is 0 Å². The number of nitrogens with zero attached hydrogens (tertiary/aromatic N) is 4. The van der Waals surface area contributed by atoms with Crippen LogP contribution >= 0.6 is 0 Å². The zero-order chi connectivity index (χ0) is 16.1. The molecule has 0 N–H and O–H groups in total. The Kier molecular flexibility index (Phi) is 5.25. The molecule has 1 fully saturated rings. The molecule has 0 amide bonds. The summed E-state index contributed by atoms with van der Waals surface area (Å²) in [7, 11) is 3.83. The molecule has 1 aliphatic heterocycles. The van der Waals surface area contributed by atoms with Gasteiger partial charge in [-0.1, -0.05) is 0 Å². The maximum absolute atomic E-state index is 5.93. The second-order valence-electron chi connectivity index (χ2n) is 5.93. The molecular formula is C17H24N4O2. The van der Waals surface area contributed by atoms with Crippen LogP contribution in [0.25, 0.3) is 10.9 Å². The van der Waals surface area contributed by atoms with Crippen molar-refractivity contribution in [2.45, 2.75) is 6.42 Å². The largest absolute Gasteiger partial charge is 0.493 e. The first-order valence-corrected chi connectivity index (χ1v) is 8.08. The minimum absolute atomic E-state index is 0.680. The minimum atomic E-state index is 0.680. The molecule has 0 saturated carbocycles. The highest BCUT2D eigenvalue weighted by atomic mass is 16.5. The summed E-state index contributed by atoms with van der Waals surface area (Å²) >= 11 is 0. The molecular weight excluding hydrogens is 292 g/mol. The first-order chi connectivity index (χ1) is 11.3. The highest BCUT2D eigenvalue weighted by Gasteiger charge is 2.13. The molecule has 6 nitrogen and oxygen atoms in total. The lowest BCUT2D eigenvalue weighted by molar-refractivity contribution is 0.145. The van der Waals surface area contributed by atoms with E-state index in [2.05, 4.69) is 26.8 Å². The van der Waals surface area contributed by atoms with E-state index in [0.717, 1.165) is 61.5 Å². The second kappa shape index (κ2) is 7.57. The summed E-state index contributed by atoms with van der Waals surface area (Å²) in [5.41, 5.74) is 0.870. The van der Waals surface area contributed by atoms with Crippen LogP contribution in [0, 0.1) is 0 Å². The van der Waals surface area contributed by atoms with E-state index in [0.29, 0.717) is 6.61 Å². The van der Waals surface area contributed by atoms with Crippen molar-refractivity contribution in [3.63, 3.8) is 0 Å². The second-order valence-corrected chi connectivity index (χ2v) is 5.93. The number of piperazine rings is 1.